The molecule has 1 aliphatic carbocycles. The molecule has 32 heavy (non-hydrogen) atoms. The first-order valence-electron chi connectivity index (χ1n) is 9.83. The molecule has 1 fully saturated rings. The summed E-state index contributed by atoms with van der Waals surface area (Å²) in [6.07, 6.45) is 3.72. The molecule has 0 unspecified atom stereocenters. The van der Waals surface area contributed by atoms with Gasteiger partial charge in [-0.1, -0.05) is 0 Å². The number of rotatable bonds is 7. The second-order valence-corrected chi connectivity index (χ2v) is 8.93. The summed E-state index contributed by atoms with van der Waals surface area (Å²) < 4.78 is 68.3. The van der Waals surface area contributed by atoms with Crippen molar-refractivity contribution in [2.24, 2.45) is 5.92 Å². The van der Waals surface area contributed by atoms with Crippen molar-refractivity contribution in [1.82, 2.24) is 4.57 Å². The molecule has 0 saturated heterocycles. The largest absolute Gasteiger partial charge is 0.454 e. The van der Waals surface area contributed by atoms with E-state index in [2.05, 4.69) is 0 Å². The lowest BCUT2D eigenvalue weighted by Crippen LogP contribution is -2.22. The van der Waals surface area contributed by atoms with Crippen molar-refractivity contribution in [3.05, 3.63) is 76.2 Å². The Hall–Kier alpha value is -3.24. The topological polar surface area (TPSA) is 97.6 Å². The molecule has 0 bridgehead atoms. The van der Waals surface area contributed by atoms with Crippen molar-refractivity contribution in [2.45, 2.75) is 26.3 Å². The number of benzene rings is 2. The van der Waals surface area contributed by atoms with Crippen LogP contribution in [0.4, 0.5) is 14.5 Å². The van der Waals surface area contributed by atoms with Gasteiger partial charge in [-0.15, -0.1) is 0 Å². The maximum Gasteiger partial charge on any atom is 0.357 e. The zero-order valence-electron chi connectivity index (χ0n) is 17.0. The van der Waals surface area contributed by atoms with Gasteiger partial charge in [-0.2, -0.15) is 8.42 Å². The quantitative estimate of drug-likeness (QED) is 0.503. The minimum Gasteiger partial charge on any atom is -0.454 e. The van der Waals surface area contributed by atoms with Gasteiger partial charge in [0.2, 0.25) is 0 Å². The summed E-state index contributed by atoms with van der Waals surface area (Å²) in [7, 11) is -4.54. The van der Waals surface area contributed by atoms with Crippen LogP contribution in [0.15, 0.2) is 53.5 Å². The zero-order valence-corrected chi connectivity index (χ0v) is 17.8. The molecule has 3 aromatic rings. The highest BCUT2D eigenvalue weighted by Gasteiger charge is 2.23. The van der Waals surface area contributed by atoms with Gasteiger partial charge in [0.05, 0.1) is 5.69 Å². The Morgan fingerprint density at radius 3 is 2.50 bits per heavy atom. The molecule has 1 aliphatic rings. The van der Waals surface area contributed by atoms with Crippen LogP contribution >= 0.6 is 0 Å². The smallest absolute Gasteiger partial charge is 0.357 e. The second kappa shape index (κ2) is 8.36. The standard InChI is InChI=1S/C22H20F2N2O5S/c1-13-8-15(12-26(22(13)27)11-14-2-3-14)18-10-17(25-32(28,29)30)5-7-20(18)31-21-6-4-16(23)9-19(21)24/h4-10,12,14,25H,2-3,11H2,1H3,(H,28,29,30). The van der Waals surface area contributed by atoms with E-state index in [0.29, 0.717) is 35.2 Å². The van der Waals surface area contributed by atoms with Gasteiger partial charge in [0, 0.05) is 35.5 Å². The van der Waals surface area contributed by atoms with Crippen LogP contribution in [0.2, 0.25) is 0 Å². The van der Waals surface area contributed by atoms with Crippen LogP contribution in [-0.4, -0.2) is 17.5 Å². The minimum atomic E-state index is -4.54. The molecule has 7 nitrogen and oxygen atoms in total. The van der Waals surface area contributed by atoms with Crippen LogP contribution < -0.4 is 15.0 Å². The number of nitrogens with one attached hydrogen (secondary N) is 1. The Balaban J connectivity index is 1.83. The average molecular weight is 462 g/mol. The molecule has 2 aromatic carbocycles. The summed E-state index contributed by atoms with van der Waals surface area (Å²) in [5, 5.41) is 0. The van der Waals surface area contributed by atoms with Crippen LogP contribution in [0.1, 0.15) is 18.4 Å². The van der Waals surface area contributed by atoms with E-state index in [4.69, 9.17) is 9.29 Å². The van der Waals surface area contributed by atoms with Gasteiger partial charge in [0.25, 0.3) is 5.56 Å². The maximum absolute atomic E-state index is 14.2. The Kier molecular flexibility index (Phi) is 5.74. The van der Waals surface area contributed by atoms with E-state index in [0.717, 1.165) is 25.0 Å². The van der Waals surface area contributed by atoms with Crippen LogP contribution in [0, 0.1) is 24.5 Å². The molecule has 2 N–H and O–H groups in total. The molecular weight excluding hydrogens is 442 g/mol. The van der Waals surface area contributed by atoms with Gasteiger partial charge in [0.15, 0.2) is 11.6 Å². The Bertz CT molecular complexity index is 1350. The van der Waals surface area contributed by atoms with Crippen molar-refractivity contribution in [1.29, 1.82) is 0 Å². The van der Waals surface area contributed by atoms with Gasteiger partial charge in [-0.3, -0.25) is 14.1 Å². The second-order valence-electron chi connectivity index (χ2n) is 7.78. The van der Waals surface area contributed by atoms with Crippen molar-refractivity contribution in [3.63, 3.8) is 0 Å². The van der Waals surface area contributed by atoms with Crippen molar-refractivity contribution in [2.75, 3.05) is 4.72 Å². The summed E-state index contributed by atoms with van der Waals surface area (Å²) >= 11 is 0. The van der Waals surface area contributed by atoms with Gasteiger partial charge < -0.3 is 9.30 Å². The van der Waals surface area contributed by atoms with E-state index >= 15 is 0 Å². The molecule has 10 heteroatoms. The van der Waals surface area contributed by atoms with Gasteiger partial charge in [-0.05, 0) is 62.1 Å². The van der Waals surface area contributed by atoms with Gasteiger partial charge in [0.1, 0.15) is 11.6 Å². The number of anilines is 1. The normalized spacial score (nSPS) is 13.8. The van der Waals surface area contributed by atoms with Gasteiger partial charge >= 0.3 is 10.3 Å². The van der Waals surface area contributed by atoms with E-state index in [1.165, 1.54) is 18.2 Å². The predicted molar refractivity (Wildman–Crippen MR) is 115 cm³/mol. The van der Waals surface area contributed by atoms with Crippen LogP contribution in [0.25, 0.3) is 11.1 Å². The zero-order chi connectivity index (χ0) is 23.0. The lowest BCUT2D eigenvalue weighted by atomic mass is 10.0. The fourth-order valence-corrected chi connectivity index (χ4v) is 3.81. The summed E-state index contributed by atoms with van der Waals surface area (Å²) in [5.41, 5.74) is 1.23. The molecule has 0 spiro atoms. The number of aromatic nitrogens is 1. The third-order valence-corrected chi connectivity index (χ3v) is 5.56. The van der Waals surface area contributed by atoms with Crippen molar-refractivity contribution < 1.29 is 26.5 Å². The number of aryl methyl sites for hydroxylation is 1. The Morgan fingerprint density at radius 1 is 1.12 bits per heavy atom. The molecule has 0 aliphatic heterocycles. The number of nitrogens with zero attached hydrogens (tertiary/aromatic N) is 1. The molecule has 0 radical (unpaired) electrons. The first kappa shape index (κ1) is 22.0. The van der Waals surface area contributed by atoms with E-state index in [1.54, 1.807) is 23.8 Å². The number of halogens is 2. The van der Waals surface area contributed by atoms with Crippen molar-refractivity contribution >= 4 is 16.0 Å². The summed E-state index contributed by atoms with van der Waals surface area (Å²) in [6.45, 7) is 2.22. The highest BCUT2D eigenvalue weighted by atomic mass is 32.2. The number of hydrogen-bond acceptors (Lipinski definition) is 4. The third kappa shape index (κ3) is 5.14. The molecular formula is C22H20F2N2O5S. The first-order valence-corrected chi connectivity index (χ1v) is 11.3. The van der Waals surface area contributed by atoms with Crippen molar-refractivity contribution in [3.8, 4) is 22.6 Å². The fraction of sp³-hybridized carbons (Fsp3) is 0.227. The van der Waals surface area contributed by atoms with Crippen LogP contribution in [0.3, 0.4) is 0 Å². The van der Waals surface area contributed by atoms with Crippen LogP contribution in [-0.2, 0) is 16.8 Å². The molecule has 1 aromatic heterocycles. The highest BCUT2D eigenvalue weighted by Crippen LogP contribution is 2.37. The van der Waals surface area contributed by atoms with E-state index < -0.39 is 21.9 Å². The lowest BCUT2D eigenvalue weighted by molar-refractivity contribution is 0.439. The molecule has 0 amide bonds. The first-order chi connectivity index (χ1) is 15.1. The summed E-state index contributed by atoms with van der Waals surface area (Å²) in [6, 6.07) is 8.59. The van der Waals surface area contributed by atoms with E-state index in [1.807, 2.05) is 4.72 Å². The fourth-order valence-electron chi connectivity index (χ4n) is 3.38. The SMILES string of the molecule is Cc1cc(-c2cc(NS(=O)(=O)O)ccc2Oc2ccc(F)cc2F)cn(CC2CC2)c1=O. The van der Waals surface area contributed by atoms with Crippen LogP contribution in [0.5, 0.6) is 11.5 Å². The average Bonchev–Trinajstić information content (AvgIpc) is 3.51. The predicted octanol–water partition coefficient (Wildman–Crippen LogP) is 4.52. The molecule has 0 atom stereocenters. The molecule has 168 valence electrons. The van der Waals surface area contributed by atoms with E-state index in [-0.39, 0.29) is 22.7 Å². The number of hydrogen-bond donors (Lipinski definition) is 2. The summed E-state index contributed by atoms with van der Waals surface area (Å²) in [5.74, 6) is -1.32. The maximum atomic E-state index is 14.2. The number of pyridine rings is 1. The van der Waals surface area contributed by atoms with Gasteiger partial charge in [-0.25, -0.2) is 8.78 Å². The Morgan fingerprint density at radius 2 is 1.84 bits per heavy atom. The van der Waals surface area contributed by atoms with E-state index in [9.17, 15) is 22.0 Å². The molecule has 1 heterocycles. The third-order valence-electron chi connectivity index (χ3n) is 5.07. The highest BCUT2D eigenvalue weighted by molar-refractivity contribution is 7.87. The number of ether oxygens (including phenoxy) is 1. The molecule has 1 saturated carbocycles. The summed E-state index contributed by atoms with van der Waals surface area (Å²) in [4.78, 5) is 12.5. The minimum absolute atomic E-state index is 0.0343. The molecule has 4 rings (SSSR count). The lowest BCUT2D eigenvalue weighted by Gasteiger charge is -2.16. The Labute approximate surface area is 183 Å². The monoisotopic (exact) mass is 462 g/mol.